The minimum absolute atomic E-state index is 0.188. The number of carbonyl (C=O) groups excluding carboxylic acids is 1. The largest absolute Gasteiger partial charge is 0.378 e. The van der Waals surface area contributed by atoms with Gasteiger partial charge in [0.2, 0.25) is 10.0 Å². The number of rotatable bonds is 3. The lowest BCUT2D eigenvalue weighted by Gasteiger charge is -2.32. The molecular weight excluding hydrogens is 306 g/mol. The normalized spacial score (nSPS) is 19.7. The highest BCUT2D eigenvalue weighted by atomic mass is 32.2. The second-order valence-corrected chi connectivity index (χ2v) is 7.28. The molecule has 0 aliphatic carbocycles. The van der Waals surface area contributed by atoms with Gasteiger partial charge in [0.1, 0.15) is 0 Å². The summed E-state index contributed by atoms with van der Waals surface area (Å²) in [7, 11) is -0.277. The molecule has 7 nitrogen and oxygen atoms in total. The van der Waals surface area contributed by atoms with E-state index in [2.05, 4.69) is 5.32 Å². The van der Waals surface area contributed by atoms with E-state index in [-0.39, 0.29) is 17.0 Å². The molecule has 1 heterocycles. The first-order valence-corrected chi connectivity index (χ1v) is 8.44. The standard InChI is InChI=1S/C14H21N3O4S/c1-11-10-21-9-8-17(11)22(19,20)13-6-4-12(5-7-13)15-14(18)16(2)3/h4-7,11H,8-10H2,1-3H3,(H,15,18). The van der Waals surface area contributed by atoms with E-state index in [0.717, 1.165) is 0 Å². The predicted molar refractivity (Wildman–Crippen MR) is 83.3 cm³/mol. The fourth-order valence-corrected chi connectivity index (χ4v) is 3.75. The molecule has 2 amide bonds. The number of anilines is 1. The third kappa shape index (κ3) is 3.57. The van der Waals surface area contributed by atoms with Crippen molar-refractivity contribution in [2.75, 3.05) is 39.2 Å². The highest BCUT2D eigenvalue weighted by molar-refractivity contribution is 7.89. The minimum Gasteiger partial charge on any atom is -0.378 e. The van der Waals surface area contributed by atoms with Gasteiger partial charge in [0.25, 0.3) is 0 Å². The summed E-state index contributed by atoms with van der Waals surface area (Å²) in [5.74, 6) is 0. The van der Waals surface area contributed by atoms with Crippen LogP contribution in [0.5, 0.6) is 0 Å². The molecule has 1 aromatic rings. The van der Waals surface area contributed by atoms with Gasteiger partial charge in [0.05, 0.1) is 18.1 Å². The number of nitrogens with zero attached hydrogens (tertiary/aromatic N) is 2. The van der Waals surface area contributed by atoms with Crippen LogP contribution in [0.4, 0.5) is 10.5 Å². The maximum absolute atomic E-state index is 12.6. The maximum Gasteiger partial charge on any atom is 0.321 e. The summed E-state index contributed by atoms with van der Waals surface area (Å²) < 4.78 is 31.9. The van der Waals surface area contributed by atoms with Crippen LogP contribution in [0.25, 0.3) is 0 Å². The average molecular weight is 327 g/mol. The first-order chi connectivity index (χ1) is 10.3. The van der Waals surface area contributed by atoms with Gasteiger partial charge in [-0.05, 0) is 31.2 Å². The molecule has 0 saturated carbocycles. The van der Waals surface area contributed by atoms with Gasteiger partial charge in [-0.25, -0.2) is 13.2 Å². The Morgan fingerprint density at radius 1 is 1.32 bits per heavy atom. The zero-order valence-electron chi connectivity index (χ0n) is 12.9. The summed E-state index contributed by atoms with van der Waals surface area (Å²) in [5.41, 5.74) is 0.549. The smallest absolute Gasteiger partial charge is 0.321 e. The van der Waals surface area contributed by atoms with Crippen molar-refractivity contribution < 1.29 is 17.9 Å². The van der Waals surface area contributed by atoms with Crippen LogP contribution < -0.4 is 5.32 Å². The molecule has 1 fully saturated rings. The van der Waals surface area contributed by atoms with Crippen LogP contribution >= 0.6 is 0 Å². The lowest BCUT2D eigenvalue weighted by molar-refractivity contribution is 0.0393. The van der Waals surface area contributed by atoms with Crippen molar-refractivity contribution in [3.8, 4) is 0 Å². The molecule has 1 saturated heterocycles. The van der Waals surface area contributed by atoms with Crippen LogP contribution in [0.2, 0.25) is 0 Å². The van der Waals surface area contributed by atoms with Crippen LogP contribution in [-0.4, -0.2) is 63.5 Å². The molecule has 1 N–H and O–H groups in total. The molecule has 2 rings (SSSR count). The molecule has 1 aliphatic heterocycles. The van der Waals surface area contributed by atoms with Crippen LogP contribution in [0, 0.1) is 0 Å². The minimum atomic E-state index is -3.54. The maximum atomic E-state index is 12.6. The number of amides is 2. The highest BCUT2D eigenvalue weighted by Crippen LogP contribution is 2.22. The molecular formula is C14H21N3O4S. The lowest BCUT2D eigenvalue weighted by Crippen LogP contribution is -2.46. The van der Waals surface area contributed by atoms with Gasteiger partial charge in [-0.1, -0.05) is 0 Å². The second kappa shape index (κ2) is 6.64. The SMILES string of the molecule is CC1COCCN1S(=O)(=O)c1ccc(NC(=O)N(C)C)cc1. The van der Waals surface area contributed by atoms with E-state index in [0.29, 0.717) is 25.4 Å². The number of hydrogen-bond acceptors (Lipinski definition) is 4. The summed E-state index contributed by atoms with van der Waals surface area (Å²) >= 11 is 0. The Morgan fingerprint density at radius 2 is 1.95 bits per heavy atom. The third-order valence-electron chi connectivity index (χ3n) is 3.43. The van der Waals surface area contributed by atoms with Gasteiger partial charge in [-0.3, -0.25) is 0 Å². The van der Waals surface area contributed by atoms with Gasteiger partial charge >= 0.3 is 6.03 Å². The molecule has 122 valence electrons. The fourth-order valence-electron chi connectivity index (χ4n) is 2.15. The Hall–Kier alpha value is -1.64. The van der Waals surface area contributed by atoms with Gasteiger partial charge in [-0.2, -0.15) is 4.31 Å². The van der Waals surface area contributed by atoms with Crippen molar-refractivity contribution in [2.24, 2.45) is 0 Å². The Balaban J connectivity index is 2.17. The van der Waals surface area contributed by atoms with E-state index in [4.69, 9.17) is 4.74 Å². The van der Waals surface area contributed by atoms with E-state index in [9.17, 15) is 13.2 Å². The Bertz CT molecular complexity index is 628. The predicted octanol–water partition coefficient (Wildman–Crippen LogP) is 1.19. The number of sulfonamides is 1. The zero-order valence-corrected chi connectivity index (χ0v) is 13.8. The average Bonchev–Trinajstić information content (AvgIpc) is 2.48. The first kappa shape index (κ1) is 16.7. The number of hydrogen-bond donors (Lipinski definition) is 1. The highest BCUT2D eigenvalue weighted by Gasteiger charge is 2.31. The number of ether oxygens (including phenoxy) is 1. The number of morpholine rings is 1. The Labute approximate surface area is 130 Å². The van der Waals surface area contributed by atoms with E-state index in [1.807, 2.05) is 6.92 Å². The van der Waals surface area contributed by atoms with Crippen LogP contribution in [0.1, 0.15) is 6.92 Å². The van der Waals surface area contributed by atoms with E-state index in [1.165, 1.54) is 21.3 Å². The molecule has 1 aromatic carbocycles. The molecule has 0 bridgehead atoms. The zero-order chi connectivity index (χ0) is 16.3. The lowest BCUT2D eigenvalue weighted by atomic mass is 10.3. The molecule has 22 heavy (non-hydrogen) atoms. The van der Waals surface area contributed by atoms with Crippen molar-refractivity contribution in [1.82, 2.24) is 9.21 Å². The summed E-state index contributed by atoms with van der Waals surface area (Å²) in [6, 6.07) is 5.72. The number of nitrogens with one attached hydrogen (secondary N) is 1. The first-order valence-electron chi connectivity index (χ1n) is 7.00. The number of urea groups is 1. The van der Waals surface area contributed by atoms with E-state index in [1.54, 1.807) is 26.2 Å². The van der Waals surface area contributed by atoms with Crippen molar-refractivity contribution in [3.05, 3.63) is 24.3 Å². The number of benzene rings is 1. The van der Waals surface area contributed by atoms with Gasteiger partial charge in [0.15, 0.2) is 0 Å². The molecule has 0 aromatic heterocycles. The van der Waals surface area contributed by atoms with Gasteiger partial charge < -0.3 is 15.0 Å². The second-order valence-electron chi connectivity index (χ2n) is 5.39. The Morgan fingerprint density at radius 3 is 2.50 bits per heavy atom. The van der Waals surface area contributed by atoms with Gasteiger partial charge in [0, 0.05) is 32.4 Å². The van der Waals surface area contributed by atoms with Crippen molar-refractivity contribution in [1.29, 1.82) is 0 Å². The summed E-state index contributed by atoms with van der Waals surface area (Å²) in [4.78, 5) is 13.2. The van der Waals surface area contributed by atoms with E-state index >= 15 is 0 Å². The monoisotopic (exact) mass is 327 g/mol. The van der Waals surface area contributed by atoms with Crippen molar-refractivity contribution >= 4 is 21.7 Å². The third-order valence-corrected chi connectivity index (χ3v) is 5.45. The molecule has 0 radical (unpaired) electrons. The molecule has 1 atom stereocenters. The summed E-state index contributed by atoms with van der Waals surface area (Å²) in [5, 5.41) is 2.67. The molecule has 0 spiro atoms. The number of carbonyl (C=O) groups is 1. The molecule has 1 aliphatic rings. The van der Waals surface area contributed by atoms with Crippen LogP contribution in [0.3, 0.4) is 0 Å². The Kier molecular flexibility index (Phi) is 5.05. The quantitative estimate of drug-likeness (QED) is 0.904. The fraction of sp³-hybridized carbons (Fsp3) is 0.500. The topological polar surface area (TPSA) is 79.0 Å². The van der Waals surface area contributed by atoms with E-state index < -0.39 is 10.0 Å². The van der Waals surface area contributed by atoms with Crippen molar-refractivity contribution in [3.63, 3.8) is 0 Å². The van der Waals surface area contributed by atoms with Gasteiger partial charge in [-0.15, -0.1) is 0 Å². The summed E-state index contributed by atoms with van der Waals surface area (Å²) in [6.07, 6.45) is 0. The van der Waals surface area contributed by atoms with Crippen LogP contribution in [-0.2, 0) is 14.8 Å². The summed E-state index contributed by atoms with van der Waals surface area (Å²) in [6.45, 7) is 2.97. The van der Waals surface area contributed by atoms with Crippen molar-refractivity contribution in [2.45, 2.75) is 17.9 Å². The van der Waals surface area contributed by atoms with Crippen LogP contribution in [0.15, 0.2) is 29.2 Å². The molecule has 1 unspecified atom stereocenters. The molecule has 8 heteroatoms.